The average Bonchev–Trinajstić information content (AvgIpc) is 2.43. The Morgan fingerprint density at radius 1 is 1.24 bits per heavy atom. The molecule has 2 atom stereocenters. The van der Waals surface area contributed by atoms with Crippen molar-refractivity contribution in [2.45, 2.75) is 43.5 Å². The highest BCUT2D eigenvalue weighted by atomic mass is 35.5. The van der Waals surface area contributed by atoms with E-state index in [2.05, 4.69) is 6.92 Å². The first kappa shape index (κ1) is 17.4. The van der Waals surface area contributed by atoms with Gasteiger partial charge in [0, 0.05) is 23.5 Å². The molecule has 1 aliphatic heterocycles. The summed E-state index contributed by atoms with van der Waals surface area (Å²) in [7, 11) is -3.67. The van der Waals surface area contributed by atoms with Gasteiger partial charge in [0.1, 0.15) is 4.90 Å². The summed E-state index contributed by atoms with van der Waals surface area (Å²) in [6.45, 7) is 4.48. The van der Waals surface area contributed by atoms with Crippen molar-refractivity contribution >= 4 is 44.8 Å². The largest absolute Gasteiger partial charge is 0.244 e. The number of halogens is 3. The van der Waals surface area contributed by atoms with Crippen LogP contribution in [0.5, 0.6) is 0 Å². The van der Waals surface area contributed by atoms with Crippen LogP contribution in [0.15, 0.2) is 17.0 Å². The fourth-order valence-corrected chi connectivity index (χ4v) is 5.58. The van der Waals surface area contributed by atoms with Crippen molar-refractivity contribution in [3.63, 3.8) is 0 Å². The van der Waals surface area contributed by atoms with Gasteiger partial charge in [0.05, 0.1) is 5.02 Å². The Hall–Kier alpha value is -0.000000000000000111. The van der Waals surface area contributed by atoms with Crippen LogP contribution in [0.3, 0.4) is 0 Å². The predicted molar refractivity (Wildman–Crippen MR) is 87.8 cm³/mol. The minimum Gasteiger partial charge on any atom is -0.207 e. The van der Waals surface area contributed by atoms with Gasteiger partial charge in [-0.05, 0) is 43.4 Å². The molecule has 3 nitrogen and oxygen atoms in total. The van der Waals surface area contributed by atoms with Crippen LogP contribution >= 0.6 is 34.8 Å². The van der Waals surface area contributed by atoms with E-state index in [1.807, 2.05) is 6.92 Å². The second kappa shape index (κ2) is 6.63. The van der Waals surface area contributed by atoms with E-state index in [4.69, 9.17) is 34.8 Å². The van der Waals surface area contributed by atoms with Crippen LogP contribution in [-0.4, -0.2) is 25.3 Å². The van der Waals surface area contributed by atoms with Crippen LogP contribution in [0.1, 0.15) is 32.3 Å². The number of sulfonamides is 1. The van der Waals surface area contributed by atoms with Crippen molar-refractivity contribution in [2.75, 3.05) is 6.54 Å². The molecule has 0 N–H and O–H groups in total. The van der Waals surface area contributed by atoms with Crippen LogP contribution in [0, 0.1) is 5.92 Å². The molecule has 0 bridgehead atoms. The number of piperidine rings is 1. The second-order valence-electron chi connectivity index (χ2n) is 5.62. The lowest BCUT2D eigenvalue weighted by Crippen LogP contribution is -2.44. The summed E-state index contributed by atoms with van der Waals surface area (Å²) in [6.07, 6.45) is 1.88. The molecule has 1 saturated heterocycles. The lowest BCUT2D eigenvalue weighted by Gasteiger charge is -2.36. The summed E-state index contributed by atoms with van der Waals surface area (Å²) in [5.74, 6) is 0.454. The van der Waals surface area contributed by atoms with Crippen LogP contribution < -0.4 is 0 Å². The third kappa shape index (κ3) is 3.50. The number of hydrogen-bond donors (Lipinski definition) is 0. The van der Waals surface area contributed by atoms with E-state index in [0.29, 0.717) is 23.0 Å². The maximum atomic E-state index is 12.9. The predicted octanol–water partition coefficient (Wildman–Crippen LogP) is 4.54. The molecule has 21 heavy (non-hydrogen) atoms. The van der Waals surface area contributed by atoms with E-state index < -0.39 is 10.0 Å². The summed E-state index contributed by atoms with van der Waals surface area (Å²) < 4.78 is 27.4. The molecule has 1 fully saturated rings. The summed E-state index contributed by atoms with van der Waals surface area (Å²) in [5, 5.41) is 0.492. The van der Waals surface area contributed by atoms with Crippen LogP contribution in [0.25, 0.3) is 0 Å². The molecule has 0 amide bonds. The first-order valence-electron chi connectivity index (χ1n) is 6.83. The molecule has 0 aliphatic carbocycles. The van der Waals surface area contributed by atoms with Gasteiger partial charge in [-0.2, -0.15) is 4.31 Å². The maximum absolute atomic E-state index is 12.9. The van der Waals surface area contributed by atoms with Gasteiger partial charge >= 0.3 is 0 Å². The smallest absolute Gasteiger partial charge is 0.207 e. The number of hydrogen-bond acceptors (Lipinski definition) is 2. The molecule has 1 heterocycles. The zero-order valence-corrected chi connectivity index (χ0v) is 15.0. The molecule has 0 aromatic heterocycles. The molecule has 1 aromatic carbocycles. The van der Waals surface area contributed by atoms with Crippen LogP contribution in [0.4, 0.5) is 0 Å². The molecule has 118 valence electrons. The lowest BCUT2D eigenvalue weighted by molar-refractivity contribution is 0.218. The topological polar surface area (TPSA) is 37.4 Å². The normalized spacial score (nSPS) is 24.2. The first-order chi connectivity index (χ1) is 9.77. The molecular formula is C14H18Cl3NO2S. The number of benzene rings is 1. The van der Waals surface area contributed by atoms with Crippen LogP contribution in [0.2, 0.25) is 10.0 Å². The highest BCUT2D eigenvalue weighted by Gasteiger charge is 2.35. The average molecular weight is 371 g/mol. The summed E-state index contributed by atoms with van der Waals surface area (Å²) in [5.41, 5.74) is 0.530. The third-order valence-corrected chi connectivity index (χ3v) is 6.94. The van der Waals surface area contributed by atoms with E-state index in [1.165, 1.54) is 10.4 Å². The minimum atomic E-state index is -3.67. The molecule has 2 unspecified atom stereocenters. The number of alkyl halides is 1. The van der Waals surface area contributed by atoms with Crippen molar-refractivity contribution in [1.82, 2.24) is 4.31 Å². The quantitative estimate of drug-likeness (QED) is 0.732. The van der Waals surface area contributed by atoms with Gasteiger partial charge in [-0.15, -0.1) is 11.6 Å². The van der Waals surface area contributed by atoms with Gasteiger partial charge in [-0.25, -0.2) is 8.42 Å². The fraction of sp³-hybridized carbons (Fsp3) is 0.571. The van der Waals surface area contributed by atoms with E-state index in [0.717, 1.165) is 12.8 Å². The van der Waals surface area contributed by atoms with Crippen molar-refractivity contribution < 1.29 is 8.42 Å². The Bertz CT molecular complexity index is 633. The van der Waals surface area contributed by atoms with Crippen molar-refractivity contribution in [1.29, 1.82) is 0 Å². The van der Waals surface area contributed by atoms with Gasteiger partial charge < -0.3 is 0 Å². The first-order valence-corrected chi connectivity index (χ1v) is 9.56. The Kier molecular flexibility index (Phi) is 5.48. The highest BCUT2D eigenvalue weighted by Crippen LogP contribution is 2.35. The minimum absolute atomic E-state index is 0.0410. The van der Waals surface area contributed by atoms with Gasteiger partial charge in [-0.3, -0.25) is 0 Å². The SMILES string of the molecule is CC1CCC(C)N(S(=O)(=O)c2cc(Cl)cc(CCl)c2Cl)C1. The Morgan fingerprint density at radius 2 is 1.90 bits per heavy atom. The molecule has 0 radical (unpaired) electrons. The van der Waals surface area contributed by atoms with E-state index >= 15 is 0 Å². The molecule has 1 aromatic rings. The molecule has 7 heteroatoms. The van der Waals surface area contributed by atoms with Gasteiger partial charge in [0.2, 0.25) is 10.0 Å². The van der Waals surface area contributed by atoms with Gasteiger partial charge in [0.15, 0.2) is 0 Å². The monoisotopic (exact) mass is 369 g/mol. The second-order valence-corrected chi connectivity index (χ2v) is 8.56. The van der Waals surface area contributed by atoms with Crippen molar-refractivity contribution in [2.24, 2.45) is 5.92 Å². The highest BCUT2D eigenvalue weighted by molar-refractivity contribution is 7.89. The number of nitrogens with zero attached hydrogens (tertiary/aromatic N) is 1. The Morgan fingerprint density at radius 3 is 2.52 bits per heavy atom. The summed E-state index contributed by atoms with van der Waals surface area (Å²) >= 11 is 18.0. The fourth-order valence-electron chi connectivity index (χ4n) is 2.61. The summed E-state index contributed by atoms with van der Waals surface area (Å²) in [6, 6.07) is 2.96. The Labute approximate surface area is 141 Å². The van der Waals surface area contributed by atoms with Crippen molar-refractivity contribution in [3.05, 3.63) is 27.7 Å². The molecular weight excluding hydrogens is 353 g/mol. The van der Waals surface area contributed by atoms with Gasteiger partial charge in [-0.1, -0.05) is 30.1 Å². The summed E-state index contributed by atoms with van der Waals surface area (Å²) in [4.78, 5) is 0.0493. The zero-order valence-electron chi connectivity index (χ0n) is 11.9. The Balaban J connectivity index is 2.51. The maximum Gasteiger partial charge on any atom is 0.244 e. The lowest BCUT2D eigenvalue weighted by atomic mass is 9.97. The third-order valence-electron chi connectivity index (χ3n) is 3.87. The van der Waals surface area contributed by atoms with E-state index in [9.17, 15) is 8.42 Å². The molecule has 2 rings (SSSR count). The van der Waals surface area contributed by atoms with Crippen LogP contribution in [-0.2, 0) is 15.9 Å². The number of rotatable bonds is 3. The van der Waals surface area contributed by atoms with Crippen molar-refractivity contribution in [3.8, 4) is 0 Å². The standard InChI is InChI=1S/C14H18Cl3NO2S/c1-9-3-4-10(2)18(8-9)21(19,20)13-6-12(16)5-11(7-15)14(13)17/h5-6,9-10H,3-4,7-8H2,1-2H3. The van der Waals surface area contributed by atoms with E-state index in [1.54, 1.807) is 6.07 Å². The van der Waals surface area contributed by atoms with Gasteiger partial charge in [0.25, 0.3) is 0 Å². The molecule has 0 saturated carbocycles. The molecule has 0 spiro atoms. The molecule has 1 aliphatic rings. The zero-order chi connectivity index (χ0) is 15.8. The van der Waals surface area contributed by atoms with E-state index in [-0.39, 0.29) is 21.8 Å².